The summed E-state index contributed by atoms with van der Waals surface area (Å²) in [4.78, 5) is 17.5. The largest absolute Gasteiger partial charge is 0.464 e. The van der Waals surface area contributed by atoms with E-state index < -0.39 is 0 Å². The first-order valence-electron chi connectivity index (χ1n) is 6.90. The highest BCUT2D eigenvalue weighted by molar-refractivity contribution is 6.08. The summed E-state index contributed by atoms with van der Waals surface area (Å²) in [5.74, 6) is 1.36. The topological polar surface area (TPSA) is 67.9 Å². The minimum absolute atomic E-state index is 0.359. The molecule has 0 unspecified atom stereocenters. The van der Waals surface area contributed by atoms with Gasteiger partial charge >= 0.3 is 12.0 Å². The number of hydrogen-bond acceptors (Lipinski definition) is 6. The predicted octanol–water partition coefficient (Wildman–Crippen LogP) is 2.55. The van der Waals surface area contributed by atoms with Gasteiger partial charge in [-0.05, 0) is 26.7 Å². The molecular weight excluding hydrogens is 244 g/mol. The lowest BCUT2D eigenvalue weighted by atomic mass is 10.1. The van der Waals surface area contributed by atoms with Gasteiger partial charge in [-0.2, -0.15) is 20.0 Å². The highest BCUT2D eigenvalue weighted by Gasteiger charge is 2.14. The molecule has 3 rings (SSSR count). The van der Waals surface area contributed by atoms with Crippen LogP contribution in [0.4, 0.5) is 0 Å². The number of hydrogen-bond donors (Lipinski definition) is 0. The summed E-state index contributed by atoms with van der Waals surface area (Å²) in [5, 5.41) is 0. The Morgan fingerprint density at radius 1 is 0.737 bits per heavy atom. The Labute approximate surface area is 113 Å². The van der Waals surface area contributed by atoms with Gasteiger partial charge in [-0.15, -0.1) is 0 Å². The third-order valence-corrected chi connectivity index (χ3v) is 2.75. The van der Waals surface area contributed by atoms with Gasteiger partial charge in [-0.25, -0.2) is 0 Å². The average Bonchev–Trinajstić information content (AvgIpc) is 2.37. The molecule has 0 radical (unpaired) electrons. The minimum Gasteiger partial charge on any atom is -0.464 e. The van der Waals surface area contributed by atoms with Gasteiger partial charge in [0.25, 0.3) is 0 Å². The Kier molecular flexibility index (Phi) is 5.06. The lowest BCUT2D eigenvalue weighted by molar-refractivity contribution is 0.320. The Hall–Kier alpha value is -1.72. The van der Waals surface area contributed by atoms with Crippen LogP contribution >= 0.6 is 0 Å². The molecule has 3 aliphatic heterocycles. The second-order valence-corrected chi connectivity index (χ2v) is 4.27. The molecule has 0 aliphatic carbocycles. The van der Waals surface area contributed by atoms with Gasteiger partial charge < -0.3 is 9.47 Å². The zero-order valence-corrected chi connectivity index (χ0v) is 11.6. The zero-order valence-electron chi connectivity index (χ0n) is 11.6. The molecular formula is C13H20N4O2. The Bertz CT molecular complexity index is 398. The molecule has 0 aromatic heterocycles. The van der Waals surface area contributed by atoms with E-state index in [1.54, 1.807) is 0 Å². The van der Waals surface area contributed by atoms with Crippen molar-refractivity contribution >= 4 is 23.7 Å². The van der Waals surface area contributed by atoms with Gasteiger partial charge in [-0.3, -0.25) is 0 Å². The molecule has 19 heavy (non-hydrogen) atoms. The summed E-state index contributed by atoms with van der Waals surface area (Å²) in [6.45, 7) is 4.89. The first-order valence-corrected chi connectivity index (χ1v) is 6.90. The molecule has 3 heterocycles. The van der Waals surface area contributed by atoms with Crippen LogP contribution in [0.15, 0.2) is 20.0 Å². The average molecular weight is 264 g/mol. The van der Waals surface area contributed by atoms with E-state index in [1.807, 2.05) is 13.8 Å². The Morgan fingerprint density at radius 2 is 1.21 bits per heavy atom. The number of amidine groups is 4. The van der Waals surface area contributed by atoms with Crippen molar-refractivity contribution in [1.29, 1.82) is 0 Å². The maximum absolute atomic E-state index is 5.42. The first-order chi connectivity index (χ1) is 9.31. The summed E-state index contributed by atoms with van der Waals surface area (Å²) in [7, 11) is 0. The van der Waals surface area contributed by atoms with Crippen LogP contribution in [0, 0.1) is 0 Å². The Balaban J connectivity index is 2.35. The van der Waals surface area contributed by atoms with Gasteiger partial charge in [0.1, 0.15) is 11.7 Å². The maximum Gasteiger partial charge on any atom is 0.319 e. The van der Waals surface area contributed by atoms with Gasteiger partial charge in [0, 0.05) is 12.8 Å². The molecule has 0 fully saturated rings. The van der Waals surface area contributed by atoms with E-state index in [0.717, 1.165) is 32.1 Å². The molecule has 0 saturated heterocycles. The molecule has 104 valence electrons. The fourth-order valence-corrected chi connectivity index (χ4v) is 1.90. The van der Waals surface area contributed by atoms with Crippen molar-refractivity contribution in [3.63, 3.8) is 0 Å². The van der Waals surface area contributed by atoms with Crippen molar-refractivity contribution in [1.82, 2.24) is 0 Å². The molecule has 6 heteroatoms. The summed E-state index contributed by atoms with van der Waals surface area (Å²) in [6, 6.07) is 0.717. The first kappa shape index (κ1) is 13.7. The predicted molar refractivity (Wildman–Crippen MR) is 76.1 cm³/mol. The van der Waals surface area contributed by atoms with Gasteiger partial charge in [-0.1, -0.05) is 6.42 Å². The van der Waals surface area contributed by atoms with Crippen molar-refractivity contribution in [2.45, 2.75) is 46.0 Å². The summed E-state index contributed by atoms with van der Waals surface area (Å²) >= 11 is 0. The van der Waals surface area contributed by atoms with E-state index in [-0.39, 0.29) is 0 Å². The monoisotopic (exact) mass is 264 g/mol. The SMILES string of the molecule is CCOC1=N/C2=N\C(OCC)=N/C(=N\1)CCCCC2. The van der Waals surface area contributed by atoms with Crippen molar-refractivity contribution in [2.75, 3.05) is 13.2 Å². The van der Waals surface area contributed by atoms with E-state index in [1.165, 1.54) is 0 Å². The van der Waals surface area contributed by atoms with E-state index in [4.69, 9.17) is 9.47 Å². The molecule has 2 bridgehead atoms. The minimum atomic E-state index is 0.359. The van der Waals surface area contributed by atoms with Crippen molar-refractivity contribution in [3.8, 4) is 0 Å². The van der Waals surface area contributed by atoms with Gasteiger partial charge in [0.05, 0.1) is 13.2 Å². The Morgan fingerprint density at radius 3 is 1.63 bits per heavy atom. The van der Waals surface area contributed by atoms with Crippen LogP contribution in [0.25, 0.3) is 0 Å². The van der Waals surface area contributed by atoms with Crippen LogP contribution in [0.3, 0.4) is 0 Å². The van der Waals surface area contributed by atoms with Gasteiger partial charge in [0.2, 0.25) is 0 Å². The van der Waals surface area contributed by atoms with E-state index >= 15 is 0 Å². The van der Waals surface area contributed by atoms with Crippen LogP contribution < -0.4 is 0 Å². The lowest BCUT2D eigenvalue weighted by Gasteiger charge is -2.13. The summed E-state index contributed by atoms with van der Waals surface area (Å²) < 4.78 is 10.8. The van der Waals surface area contributed by atoms with Gasteiger partial charge in [0.15, 0.2) is 0 Å². The lowest BCUT2D eigenvalue weighted by Crippen LogP contribution is -2.17. The fraction of sp³-hybridized carbons (Fsp3) is 0.692. The highest BCUT2D eigenvalue weighted by atomic mass is 16.5. The van der Waals surface area contributed by atoms with Crippen molar-refractivity contribution in [2.24, 2.45) is 20.0 Å². The zero-order chi connectivity index (χ0) is 13.5. The van der Waals surface area contributed by atoms with Crippen molar-refractivity contribution < 1.29 is 9.47 Å². The maximum atomic E-state index is 5.42. The number of ether oxygens (including phenoxy) is 2. The van der Waals surface area contributed by atoms with Crippen LogP contribution in [-0.2, 0) is 9.47 Å². The molecule has 0 spiro atoms. The van der Waals surface area contributed by atoms with E-state index in [0.29, 0.717) is 36.9 Å². The molecule has 0 atom stereocenters. The number of nitrogens with zero attached hydrogens (tertiary/aromatic N) is 4. The molecule has 0 amide bonds. The quantitative estimate of drug-likeness (QED) is 0.769. The molecule has 0 aromatic rings. The highest BCUT2D eigenvalue weighted by Crippen LogP contribution is 2.13. The molecule has 3 aliphatic rings. The van der Waals surface area contributed by atoms with Crippen molar-refractivity contribution in [3.05, 3.63) is 0 Å². The normalized spacial score (nSPS) is 30.6. The second kappa shape index (κ2) is 7.01. The standard InChI is InChI=1S/C13H20N4O2/c1-3-18-12-14-10-8-6-5-7-9-11(15-12)17-13(16-10)19-4-2/h3-9H2,1-2H3/b14-10-,14-12?,15-11?,15-12+,16-10?,16-13+,17-11-,17-13?. The molecule has 0 N–H and O–H groups in total. The molecule has 0 saturated carbocycles. The number of fused-ring (bicyclic) bond motifs is 6. The molecule has 0 aromatic carbocycles. The smallest absolute Gasteiger partial charge is 0.319 e. The van der Waals surface area contributed by atoms with Crippen LogP contribution in [0.1, 0.15) is 46.0 Å². The third-order valence-electron chi connectivity index (χ3n) is 2.75. The fourth-order valence-electron chi connectivity index (χ4n) is 1.90. The third kappa shape index (κ3) is 4.15. The van der Waals surface area contributed by atoms with Crippen LogP contribution in [-0.4, -0.2) is 36.9 Å². The van der Waals surface area contributed by atoms with Crippen LogP contribution in [0.2, 0.25) is 0 Å². The van der Waals surface area contributed by atoms with E-state index in [9.17, 15) is 0 Å². The summed E-state index contributed by atoms with van der Waals surface area (Å²) in [6.07, 6.45) is 4.86. The second-order valence-electron chi connectivity index (χ2n) is 4.27. The van der Waals surface area contributed by atoms with E-state index in [2.05, 4.69) is 20.0 Å². The number of rotatable bonds is 2. The molecule has 6 nitrogen and oxygen atoms in total. The van der Waals surface area contributed by atoms with Crippen LogP contribution in [0.5, 0.6) is 0 Å². The number of aliphatic imine (C=N–C) groups is 4. The summed E-state index contributed by atoms with van der Waals surface area (Å²) in [5.41, 5.74) is 0.